The van der Waals surface area contributed by atoms with Crippen LogP contribution in [0.5, 0.6) is 23.0 Å². The first-order valence-electron chi connectivity index (χ1n) is 10.5. The summed E-state index contributed by atoms with van der Waals surface area (Å²) in [7, 11) is 1.53. The third kappa shape index (κ3) is 6.45. The van der Waals surface area contributed by atoms with Gasteiger partial charge in [-0.1, -0.05) is 37.4 Å². The molecule has 0 N–H and O–H groups in total. The van der Waals surface area contributed by atoms with E-state index in [2.05, 4.69) is 13.2 Å². The molecule has 178 valence electrons. The summed E-state index contributed by atoms with van der Waals surface area (Å²) in [6.07, 6.45) is 0. The summed E-state index contributed by atoms with van der Waals surface area (Å²) < 4.78 is 21.0. The Hall–Kier alpha value is -4.65. The lowest BCUT2D eigenvalue weighted by molar-refractivity contribution is -0.130. The molecule has 0 amide bonds. The van der Waals surface area contributed by atoms with Crippen molar-refractivity contribution in [2.75, 3.05) is 7.11 Å². The van der Waals surface area contributed by atoms with Crippen molar-refractivity contribution in [2.24, 2.45) is 0 Å². The molecule has 3 aromatic carbocycles. The predicted molar refractivity (Wildman–Crippen MR) is 131 cm³/mol. The van der Waals surface area contributed by atoms with Crippen molar-refractivity contribution >= 4 is 18.4 Å². The number of hydrogen-bond donors (Lipinski definition) is 0. The van der Waals surface area contributed by atoms with Crippen LogP contribution < -0.4 is 18.9 Å². The Morgan fingerprint density at radius 2 is 1.06 bits per heavy atom. The van der Waals surface area contributed by atoms with Crippen LogP contribution in [0.15, 0.2) is 85.0 Å². The number of carbonyl (C=O) groups is 3. The fourth-order valence-electron chi connectivity index (χ4n) is 3.08. The number of carbonyl (C=O) groups excluding carboxylic acids is 3. The van der Waals surface area contributed by atoms with Crippen LogP contribution in [0.25, 0.3) is 22.3 Å². The van der Waals surface area contributed by atoms with Gasteiger partial charge in [0.2, 0.25) is 0 Å². The molecule has 0 aromatic heterocycles. The minimum absolute atomic E-state index is 0.201. The van der Waals surface area contributed by atoms with Crippen molar-refractivity contribution in [2.45, 2.75) is 13.8 Å². The van der Waals surface area contributed by atoms with Crippen LogP contribution in [0, 0.1) is 0 Å². The first-order valence-corrected chi connectivity index (χ1v) is 10.5. The number of rotatable bonds is 9. The number of esters is 2. The zero-order chi connectivity index (χ0) is 25.5. The highest BCUT2D eigenvalue weighted by molar-refractivity contribution is 5.90. The summed E-state index contributed by atoms with van der Waals surface area (Å²) in [6.45, 7) is 10.6. The Morgan fingerprint density at radius 3 is 1.46 bits per heavy atom. The van der Waals surface area contributed by atoms with Crippen molar-refractivity contribution < 1.29 is 33.3 Å². The van der Waals surface area contributed by atoms with Gasteiger partial charge in [-0.05, 0) is 60.4 Å². The summed E-state index contributed by atoms with van der Waals surface area (Å²) in [5.41, 5.74) is 3.54. The van der Waals surface area contributed by atoms with Crippen LogP contribution in [0.2, 0.25) is 0 Å². The van der Waals surface area contributed by atoms with Crippen LogP contribution >= 0.6 is 0 Å². The Morgan fingerprint density at radius 1 is 0.657 bits per heavy atom. The van der Waals surface area contributed by atoms with Gasteiger partial charge >= 0.3 is 11.9 Å². The zero-order valence-electron chi connectivity index (χ0n) is 19.6. The molecule has 3 rings (SSSR count). The second kappa shape index (κ2) is 11.0. The monoisotopic (exact) mass is 472 g/mol. The number of methoxy groups -OCH3 is 1. The van der Waals surface area contributed by atoms with Gasteiger partial charge in [0.25, 0.3) is 6.47 Å². The maximum atomic E-state index is 12.0. The zero-order valence-corrected chi connectivity index (χ0v) is 19.6. The van der Waals surface area contributed by atoms with Crippen molar-refractivity contribution in [3.8, 4) is 45.3 Å². The molecule has 0 heterocycles. The lowest BCUT2D eigenvalue weighted by Gasteiger charge is -2.12. The van der Waals surface area contributed by atoms with E-state index in [-0.39, 0.29) is 22.6 Å². The summed E-state index contributed by atoms with van der Waals surface area (Å²) >= 11 is 0. The predicted octanol–water partition coefficient (Wildman–Crippen LogP) is 5.53. The van der Waals surface area contributed by atoms with Gasteiger partial charge in [-0.25, -0.2) is 9.59 Å². The quantitative estimate of drug-likeness (QED) is 0.175. The van der Waals surface area contributed by atoms with E-state index in [1.54, 1.807) is 24.3 Å². The fraction of sp³-hybridized carbons (Fsp3) is 0.107. The SMILES string of the molecule is C=C(C)C(=O)Oc1cc(OC(=O)C(=C)C)cc(-c2ccc(-c3cc(OC)cc(OC=O)c3)cc2)c1. The van der Waals surface area contributed by atoms with Crippen LogP contribution in [0.1, 0.15) is 13.8 Å². The van der Waals surface area contributed by atoms with Crippen molar-refractivity contribution in [1.29, 1.82) is 0 Å². The molecule has 7 nitrogen and oxygen atoms in total. The molecule has 0 bridgehead atoms. The van der Waals surface area contributed by atoms with E-state index in [9.17, 15) is 14.4 Å². The lowest BCUT2D eigenvalue weighted by atomic mass is 9.99. The topological polar surface area (TPSA) is 88.1 Å². The smallest absolute Gasteiger partial charge is 0.338 e. The van der Waals surface area contributed by atoms with Crippen LogP contribution in [-0.2, 0) is 14.4 Å². The van der Waals surface area contributed by atoms with Gasteiger partial charge in [-0.15, -0.1) is 0 Å². The molecular formula is C28H24O7. The normalized spacial score (nSPS) is 10.1. The molecule has 3 aromatic rings. The van der Waals surface area contributed by atoms with Gasteiger partial charge in [0.05, 0.1) is 7.11 Å². The lowest BCUT2D eigenvalue weighted by Crippen LogP contribution is -2.10. The Kier molecular flexibility index (Phi) is 7.84. The molecule has 0 aliphatic rings. The van der Waals surface area contributed by atoms with Crippen LogP contribution in [-0.4, -0.2) is 25.5 Å². The molecule has 0 fully saturated rings. The van der Waals surface area contributed by atoms with Gasteiger partial charge in [0.1, 0.15) is 23.0 Å². The second-order valence-corrected chi connectivity index (χ2v) is 7.72. The fourth-order valence-corrected chi connectivity index (χ4v) is 3.08. The Labute approximate surface area is 203 Å². The summed E-state index contributed by atoms with van der Waals surface area (Å²) in [6, 6.07) is 17.4. The first kappa shape index (κ1) is 25.0. The van der Waals surface area contributed by atoms with Crippen molar-refractivity contribution in [3.05, 3.63) is 85.0 Å². The highest BCUT2D eigenvalue weighted by atomic mass is 16.5. The second-order valence-electron chi connectivity index (χ2n) is 7.72. The summed E-state index contributed by atoms with van der Waals surface area (Å²) in [4.78, 5) is 34.8. The molecule has 0 atom stereocenters. The first-order chi connectivity index (χ1) is 16.7. The highest BCUT2D eigenvalue weighted by Gasteiger charge is 2.13. The number of ether oxygens (including phenoxy) is 4. The standard InChI is InChI=1S/C28H24O7/c1-17(2)27(30)34-25-12-22(13-26(15-25)35-28(31)18(3)4)20-8-6-19(7-9-20)21-10-23(32-5)14-24(11-21)33-16-29/h6-16H,1,3H2,2,4-5H3. The van der Waals surface area contributed by atoms with Crippen molar-refractivity contribution in [3.63, 3.8) is 0 Å². The van der Waals surface area contributed by atoms with Gasteiger partial charge in [0.15, 0.2) is 0 Å². The average Bonchev–Trinajstić information content (AvgIpc) is 2.83. The number of benzene rings is 3. The van der Waals surface area contributed by atoms with E-state index in [1.165, 1.54) is 27.0 Å². The Bertz CT molecular complexity index is 1260. The molecule has 0 aliphatic heterocycles. The molecule has 0 aliphatic carbocycles. The third-order valence-electron chi connectivity index (χ3n) is 4.85. The van der Waals surface area contributed by atoms with E-state index in [4.69, 9.17) is 18.9 Å². The largest absolute Gasteiger partial charge is 0.497 e. The van der Waals surface area contributed by atoms with Crippen molar-refractivity contribution in [1.82, 2.24) is 0 Å². The molecule has 0 saturated carbocycles. The molecule has 0 radical (unpaired) electrons. The number of hydrogen-bond acceptors (Lipinski definition) is 7. The van der Waals surface area contributed by atoms with Crippen LogP contribution in [0.4, 0.5) is 0 Å². The minimum atomic E-state index is -0.596. The minimum Gasteiger partial charge on any atom is -0.497 e. The van der Waals surface area contributed by atoms with E-state index in [0.29, 0.717) is 23.5 Å². The third-order valence-corrected chi connectivity index (χ3v) is 4.85. The van der Waals surface area contributed by atoms with E-state index >= 15 is 0 Å². The molecule has 0 spiro atoms. The van der Waals surface area contributed by atoms with E-state index < -0.39 is 11.9 Å². The summed E-state index contributed by atoms with van der Waals surface area (Å²) in [5.74, 6) is 0.107. The van der Waals surface area contributed by atoms with Gasteiger partial charge in [-0.3, -0.25) is 4.79 Å². The maximum Gasteiger partial charge on any atom is 0.338 e. The van der Waals surface area contributed by atoms with Gasteiger partial charge in [-0.2, -0.15) is 0 Å². The molecule has 0 unspecified atom stereocenters. The van der Waals surface area contributed by atoms with Gasteiger partial charge < -0.3 is 18.9 Å². The maximum absolute atomic E-state index is 12.0. The Balaban J connectivity index is 1.99. The highest BCUT2D eigenvalue weighted by Crippen LogP contribution is 2.34. The molecule has 0 saturated heterocycles. The molecule has 7 heteroatoms. The average molecular weight is 472 g/mol. The molecular weight excluding hydrogens is 448 g/mol. The van der Waals surface area contributed by atoms with E-state index in [1.807, 2.05) is 30.3 Å². The van der Waals surface area contributed by atoms with Gasteiger partial charge in [0, 0.05) is 23.3 Å². The molecule has 35 heavy (non-hydrogen) atoms. The summed E-state index contributed by atoms with van der Waals surface area (Å²) in [5, 5.41) is 0. The van der Waals surface area contributed by atoms with E-state index in [0.717, 1.165) is 16.7 Å². The van der Waals surface area contributed by atoms with Crippen LogP contribution in [0.3, 0.4) is 0 Å².